The number of nitrogens with zero attached hydrogens (tertiary/aromatic N) is 4. The number of carbonyl (C=O) groups excluding carboxylic acids is 1. The third-order valence-electron chi connectivity index (χ3n) is 3.93. The molecule has 0 unspecified atom stereocenters. The van der Waals surface area contributed by atoms with E-state index >= 15 is 0 Å². The Morgan fingerprint density at radius 1 is 1.30 bits per heavy atom. The zero-order chi connectivity index (χ0) is 19.6. The Morgan fingerprint density at radius 3 is 2.74 bits per heavy atom. The first kappa shape index (κ1) is 19.7. The van der Waals surface area contributed by atoms with Crippen molar-refractivity contribution in [2.45, 2.75) is 25.1 Å². The fraction of sp³-hybridized carbons (Fsp3) is 0.294. The number of thioether (sulfide) groups is 1. The SMILES string of the molecule is Cc1ccc(Nc2nnc(SCC(=O)Nc3c(C)nn(C)c3C)s2)cc1Cl. The first-order chi connectivity index (χ1) is 12.8. The zero-order valence-corrected chi connectivity index (χ0v) is 17.7. The summed E-state index contributed by atoms with van der Waals surface area (Å²) in [5.41, 5.74) is 4.34. The van der Waals surface area contributed by atoms with E-state index in [1.54, 1.807) is 4.68 Å². The number of nitrogens with one attached hydrogen (secondary N) is 2. The van der Waals surface area contributed by atoms with Crippen LogP contribution in [0.1, 0.15) is 17.0 Å². The molecule has 142 valence electrons. The van der Waals surface area contributed by atoms with Gasteiger partial charge in [0.1, 0.15) is 0 Å². The molecule has 0 aliphatic rings. The van der Waals surface area contributed by atoms with E-state index in [9.17, 15) is 4.79 Å². The van der Waals surface area contributed by atoms with Gasteiger partial charge in [-0.15, -0.1) is 10.2 Å². The Bertz CT molecular complexity index is 984. The van der Waals surface area contributed by atoms with Crippen molar-refractivity contribution in [3.05, 3.63) is 40.2 Å². The summed E-state index contributed by atoms with van der Waals surface area (Å²) in [6.07, 6.45) is 0. The van der Waals surface area contributed by atoms with Gasteiger partial charge in [0.05, 0.1) is 22.8 Å². The molecule has 0 aliphatic heterocycles. The number of hydrogen-bond donors (Lipinski definition) is 2. The predicted molar refractivity (Wildman–Crippen MR) is 111 cm³/mol. The van der Waals surface area contributed by atoms with Gasteiger partial charge >= 0.3 is 0 Å². The third-order valence-corrected chi connectivity index (χ3v) is 6.31. The van der Waals surface area contributed by atoms with Gasteiger partial charge in [-0.25, -0.2) is 0 Å². The molecular formula is C17H19ClN6OS2. The van der Waals surface area contributed by atoms with Crippen LogP contribution in [-0.2, 0) is 11.8 Å². The molecule has 27 heavy (non-hydrogen) atoms. The molecule has 3 rings (SSSR count). The Kier molecular flexibility index (Phi) is 6.03. The molecular weight excluding hydrogens is 404 g/mol. The number of aromatic nitrogens is 4. The zero-order valence-electron chi connectivity index (χ0n) is 15.3. The number of hydrogen-bond acceptors (Lipinski definition) is 7. The third kappa shape index (κ3) is 4.79. The summed E-state index contributed by atoms with van der Waals surface area (Å²) in [5, 5.41) is 19.9. The maximum Gasteiger partial charge on any atom is 0.234 e. The standard InChI is InChI=1S/C17H19ClN6OS2/c1-9-5-6-12(7-13(9)18)19-16-21-22-17(27-16)26-8-14(25)20-15-10(2)23-24(4)11(15)3/h5-7H,8H2,1-4H3,(H,19,21)(H,20,25). The van der Waals surface area contributed by atoms with E-state index in [1.807, 2.05) is 46.0 Å². The lowest BCUT2D eigenvalue weighted by Gasteiger charge is -2.04. The smallest absolute Gasteiger partial charge is 0.234 e. The first-order valence-electron chi connectivity index (χ1n) is 8.13. The maximum atomic E-state index is 12.2. The highest BCUT2D eigenvalue weighted by atomic mass is 35.5. The van der Waals surface area contributed by atoms with Gasteiger partial charge in [0.2, 0.25) is 11.0 Å². The summed E-state index contributed by atoms with van der Waals surface area (Å²) in [7, 11) is 1.85. The van der Waals surface area contributed by atoms with E-state index in [-0.39, 0.29) is 11.7 Å². The molecule has 10 heteroatoms. The van der Waals surface area contributed by atoms with Crippen LogP contribution in [-0.4, -0.2) is 31.6 Å². The molecule has 0 saturated heterocycles. The molecule has 7 nitrogen and oxygen atoms in total. The summed E-state index contributed by atoms with van der Waals surface area (Å²) in [6.45, 7) is 5.74. The minimum Gasteiger partial charge on any atom is -0.330 e. The number of anilines is 3. The highest BCUT2D eigenvalue weighted by Gasteiger charge is 2.14. The summed E-state index contributed by atoms with van der Waals surface area (Å²) in [4.78, 5) is 12.2. The van der Waals surface area contributed by atoms with Gasteiger partial charge in [0, 0.05) is 17.8 Å². The summed E-state index contributed by atoms with van der Waals surface area (Å²) >= 11 is 8.86. The van der Waals surface area contributed by atoms with Gasteiger partial charge in [0.15, 0.2) is 4.34 Å². The second-order valence-corrected chi connectivity index (χ2v) is 8.58. The number of rotatable bonds is 6. The largest absolute Gasteiger partial charge is 0.330 e. The summed E-state index contributed by atoms with van der Waals surface area (Å²) < 4.78 is 2.46. The van der Waals surface area contributed by atoms with E-state index in [0.717, 1.165) is 28.3 Å². The minimum atomic E-state index is -0.103. The molecule has 2 aromatic heterocycles. The van der Waals surface area contributed by atoms with Crippen LogP contribution in [0, 0.1) is 20.8 Å². The average Bonchev–Trinajstić information content (AvgIpc) is 3.16. The lowest BCUT2D eigenvalue weighted by atomic mass is 10.2. The van der Waals surface area contributed by atoms with Crippen molar-refractivity contribution in [3.63, 3.8) is 0 Å². The van der Waals surface area contributed by atoms with Crippen LogP contribution in [0.2, 0.25) is 5.02 Å². The fourth-order valence-electron chi connectivity index (χ4n) is 2.37. The monoisotopic (exact) mass is 422 g/mol. The Morgan fingerprint density at radius 2 is 2.07 bits per heavy atom. The van der Waals surface area contributed by atoms with Crippen molar-refractivity contribution in [2.24, 2.45) is 7.05 Å². The molecule has 2 N–H and O–H groups in total. The van der Waals surface area contributed by atoms with Crippen LogP contribution in [0.25, 0.3) is 0 Å². The molecule has 0 spiro atoms. The highest BCUT2D eigenvalue weighted by molar-refractivity contribution is 8.01. The summed E-state index contributed by atoms with van der Waals surface area (Å²) in [5.74, 6) is 0.146. The highest BCUT2D eigenvalue weighted by Crippen LogP contribution is 2.29. The van der Waals surface area contributed by atoms with Gasteiger partial charge < -0.3 is 10.6 Å². The van der Waals surface area contributed by atoms with Crippen LogP contribution < -0.4 is 10.6 Å². The molecule has 0 fully saturated rings. The molecule has 2 heterocycles. The molecule has 0 aliphatic carbocycles. The van der Waals surface area contributed by atoms with Crippen molar-refractivity contribution in [2.75, 3.05) is 16.4 Å². The van der Waals surface area contributed by atoms with E-state index in [1.165, 1.54) is 23.1 Å². The van der Waals surface area contributed by atoms with Gasteiger partial charge in [0.25, 0.3) is 0 Å². The van der Waals surface area contributed by atoms with Gasteiger partial charge in [-0.3, -0.25) is 9.48 Å². The van der Waals surface area contributed by atoms with Gasteiger partial charge in [-0.05, 0) is 38.5 Å². The fourth-order valence-corrected chi connectivity index (χ4v) is 4.12. The number of amides is 1. The molecule has 0 bridgehead atoms. The Hall–Kier alpha value is -2.10. The van der Waals surface area contributed by atoms with Crippen LogP contribution in [0.5, 0.6) is 0 Å². The van der Waals surface area contributed by atoms with Crippen molar-refractivity contribution in [1.29, 1.82) is 0 Å². The van der Waals surface area contributed by atoms with Gasteiger partial charge in [-0.2, -0.15) is 5.10 Å². The number of carbonyl (C=O) groups is 1. The number of halogens is 1. The van der Waals surface area contributed by atoms with Gasteiger partial charge in [-0.1, -0.05) is 40.8 Å². The number of benzene rings is 1. The van der Waals surface area contributed by atoms with Crippen molar-refractivity contribution in [3.8, 4) is 0 Å². The lowest BCUT2D eigenvalue weighted by Crippen LogP contribution is -2.15. The van der Waals surface area contributed by atoms with E-state index < -0.39 is 0 Å². The molecule has 0 atom stereocenters. The molecule has 3 aromatic rings. The number of aryl methyl sites for hydroxylation is 3. The van der Waals surface area contributed by atoms with E-state index in [2.05, 4.69) is 25.9 Å². The minimum absolute atomic E-state index is 0.103. The van der Waals surface area contributed by atoms with Crippen molar-refractivity contribution < 1.29 is 4.79 Å². The average molecular weight is 423 g/mol. The Labute approximate surface area is 170 Å². The van der Waals surface area contributed by atoms with E-state index in [0.29, 0.717) is 14.5 Å². The maximum absolute atomic E-state index is 12.2. The predicted octanol–water partition coefficient (Wildman–Crippen LogP) is 4.32. The quantitative estimate of drug-likeness (QED) is 0.575. The normalized spacial score (nSPS) is 10.9. The van der Waals surface area contributed by atoms with Crippen LogP contribution >= 0.6 is 34.7 Å². The van der Waals surface area contributed by atoms with Crippen molar-refractivity contribution >= 4 is 57.1 Å². The van der Waals surface area contributed by atoms with Crippen LogP contribution in [0.3, 0.4) is 0 Å². The molecule has 1 amide bonds. The Balaban J connectivity index is 1.56. The topological polar surface area (TPSA) is 84.7 Å². The lowest BCUT2D eigenvalue weighted by molar-refractivity contribution is -0.113. The van der Waals surface area contributed by atoms with Crippen LogP contribution in [0.15, 0.2) is 22.5 Å². The second-order valence-electron chi connectivity index (χ2n) is 5.97. The summed E-state index contributed by atoms with van der Waals surface area (Å²) in [6, 6.07) is 5.71. The van der Waals surface area contributed by atoms with Crippen molar-refractivity contribution in [1.82, 2.24) is 20.0 Å². The molecule has 0 saturated carbocycles. The second kappa shape index (κ2) is 8.28. The van der Waals surface area contributed by atoms with E-state index in [4.69, 9.17) is 11.6 Å². The first-order valence-corrected chi connectivity index (χ1v) is 10.3. The molecule has 1 aromatic carbocycles. The van der Waals surface area contributed by atoms with Crippen LogP contribution in [0.4, 0.5) is 16.5 Å². The molecule has 0 radical (unpaired) electrons.